The normalized spacial score (nSPS) is 16.1. The average molecular weight is 507 g/mol. The van der Waals surface area contributed by atoms with Crippen molar-refractivity contribution in [1.29, 1.82) is 0 Å². The predicted octanol–water partition coefficient (Wildman–Crippen LogP) is 5.65. The van der Waals surface area contributed by atoms with Gasteiger partial charge in [0, 0.05) is 11.7 Å². The minimum absolute atomic E-state index is 0.450. The smallest absolute Gasteiger partial charge is 0.308 e. The second-order valence-corrected chi connectivity index (χ2v) is 11.9. The number of benzene rings is 1. The fraction of sp³-hybridized carbons (Fsp3) is 0.679. The van der Waals surface area contributed by atoms with Crippen molar-refractivity contribution in [2.45, 2.75) is 100.0 Å². The SMILES string of the molecule is CC(C)(C)C(=O)O.CC(C)(C)C(=O)O.CC(C)c1cccc(C(C)C)c1NC(N)=NC[C@@H]1CCCN1. The van der Waals surface area contributed by atoms with Gasteiger partial charge in [0.1, 0.15) is 0 Å². The van der Waals surface area contributed by atoms with Crippen LogP contribution in [-0.2, 0) is 9.59 Å². The van der Waals surface area contributed by atoms with E-state index in [1.165, 1.54) is 24.0 Å². The summed E-state index contributed by atoms with van der Waals surface area (Å²) in [5, 5.41) is 23.3. The summed E-state index contributed by atoms with van der Waals surface area (Å²) in [5.74, 6) is -0.0975. The van der Waals surface area contributed by atoms with Gasteiger partial charge in [-0.05, 0) is 83.9 Å². The maximum absolute atomic E-state index is 10.0. The van der Waals surface area contributed by atoms with E-state index in [0.29, 0.717) is 23.8 Å². The molecule has 0 spiro atoms. The summed E-state index contributed by atoms with van der Waals surface area (Å²) in [6, 6.07) is 6.95. The van der Waals surface area contributed by atoms with Crippen molar-refractivity contribution < 1.29 is 19.8 Å². The van der Waals surface area contributed by atoms with Gasteiger partial charge in [-0.1, -0.05) is 45.9 Å². The van der Waals surface area contributed by atoms with Gasteiger partial charge >= 0.3 is 11.9 Å². The first-order valence-electron chi connectivity index (χ1n) is 12.8. The third kappa shape index (κ3) is 12.9. The Hall–Kier alpha value is -2.61. The van der Waals surface area contributed by atoms with E-state index in [0.717, 1.165) is 18.8 Å². The van der Waals surface area contributed by atoms with E-state index in [1.807, 2.05) is 0 Å². The molecule has 1 atom stereocenters. The van der Waals surface area contributed by atoms with Crippen molar-refractivity contribution in [3.8, 4) is 0 Å². The summed E-state index contributed by atoms with van der Waals surface area (Å²) in [6.45, 7) is 20.7. The summed E-state index contributed by atoms with van der Waals surface area (Å²) < 4.78 is 0. The molecule has 6 N–H and O–H groups in total. The number of hydrogen-bond acceptors (Lipinski definition) is 4. The van der Waals surface area contributed by atoms with Crippen molar-refractivity contribution in [1.82, 2.24) is 5.32 Å². The lowest BCUT2D eigenvalue weighted by Gasteiger charge is -2.20. The Bertz CT molecular complexity index is 809. The molecule has 0 aromatic heterocycles. The highest BCUT2D eigenvalue weighted by Gasteiger charge is 2.19. The highest BCUT2D eigenvalue weighted by Crippen LogP contribution is 2.32. The topological polar surface area (TPSA) is 137 Å². The Balaban J connectivity index is 0.000000720. The van der Waals surface area contributed by atoms with Gasteiger partial charge in [-0.15, -0.1) is 0 Å². The largest absolute Gasteiger partial charge is 0.481 e. The molecule has 0 amide bonds. The van der Waals surface area contributed by atoms with E-state index < -0.39 is 22.8 Å². The van der Waals surface area contributed by atoms with Crippen LogP contribution in [0.25, 0.3) is 0 Å². The van der Waals surface area contributed by atoms with E-state index in [2.05, 4.69) is 61.5 Å². The first-order chi connectivity index (χ1) is 16.4. The molecule has 0 aliphatic carbocycles. The molecule has 1 fully saturated rings. The first-order valence-corrected chi connectivity index (χ1v) is 12.8. The maximum Gasteiger partial charge on any atom is 0.308 e. The van der Waals surface area contributed by atoms with E-state index >= 15 is 0 Å². The number of aliphatic carboxylic acids is 2. The van der Waals surface area contributed by atoms with Crippen molar-refractivity contribution in [3.63, 3.8) is 0 Å². The van der Waals surface area contributed by atoms with Crippen LogP contribution >= 0.6 is 0 Å². The zero-order valence-electron chi connectivity index (χ0n) is 24.0. The first kappa shape index (κ1) is 33.4. The van der Waals surface area contributed by atoms with Crippen LogP contribution in [0.1, 0.15) is 105 Å². The molecule has 8 nitrogen and oxygen atoms in total. The van der Waals surface area contributed by atoms with Crippen molar-refractivity contribution in [2.75, 3.05) is 18.4 Å². The number of carboxylic acids is 2. The molecule has 1 aromatic carbocycles. The van der Waals surface area contributed by atoms with Gasteiger partial charge < -0.3 is 26.6 Å². The third-order valence-electron chi connectivity index (χ3n) is 5.55. The number of carbonyl (C=O) groups is 2. The molecular weight excluding hydrogens is 456 g/mol. The Morgan fingerprint density at radius 3 is 1.72 bits per heavy atom. The van der Waals surface area contributed by atoms with Crippen molar-refractivity contribution in [2.24, 2.45) is 21.6 Å². The molecule has 1 aliphatic heterocycles. The summed E-state index contributed by atoms with van der Waals surface area (Å²) in [6.07, 6.45) is 2.43. The van der Waals surface area contributed by atoms with E-state index in [1.54, 1.807) is 41.5 Å². The van der Waals surface area contributed by atoms with Crippen LogP contribution in [-0.4, -0.2) is 47.2 Å². The Labute approximate surface area is 218 Å². The molecule has 2 rings (SSSR count). The van der Waals surface area contributed by atoms with Crippen LogP contribution in [0.5, 0.6) is 0 Å². The average Bonchev–Trinajstić information content (AvgIpc) is 3.25. The van der Waals surface area contributed by atoms with Crippen LogP contribution in [0.2, 0.25) is 0 Å². The molecule has 1 aliphatic rings. The molecule has 0 radical (unpaired) electrons. The molecule has 0 unspecified atom stereocenters. The minimum Gasteiger partial charge on any atom is -0.481 e. The number of guanidine groups is 1. The number of aliphatic imine (C=N–C) groups is 1. The van der Waals surface area contributed by atoms with Gasteiger partial charge in [0.05, 0.1) is 17.4 Å². The number of carboxylic acid groups (broad SMARTS) is 2. The number of rotatable bonds is 5. The lowest BCUT2D eigenvalue weighted by Crippen LogP contribution is -2.29. The standard InChI is InChI=1S/C18H30N4.2C5H10O2/c1-12(2)15-8-5-9-16(13(3)4)17(15)22-18(19)21-11-14-7-6-10-20-14;2*1-5(2,3)4(6)7/h5,8-9,12-14,20H,6-7,10-11H2,1-4H3,(H3,19,21,22);2*1-3H3,(H,6,7)/t14-;;/m0../s1. The fourth-order valence-electron chi connectivity index (χ4n) is 2.98. The van der Waals surface area contributed by atoms with Crippen molar-refractivity contribution in [3.05, 3.63) is 29.3 Å². The Kier molecular flexibility index (Phi) is 13.8. The quantitative estimate of drug-likeness (QED) is 0.257. The molecule has 1 saturated heterocycles. The summed E-state index contributed by atoms with van der Waals surface area (Å²) >= 11 is 0. The van der Waals surface area contributed by atoms with E-state index in [4.69, 9.17) is 15.9 Å². The van der Waals surface area contributed by atoms with Gasteiger partial charge in [-0.25, -0.2) is 0 Å². The zero-order chi connectivity index (χ0) is 28.3. The number of nitrogens with one attached hydrogen (secondary N) is 2. The fourth-order valence-corrected chi connectivity index (χ4v) is 2.98. The van der Waals surface area contributed by atoms with Crippen LogP contribution < -0.4 is 16.4 Å². The van der Waals surface area contributed by atoms with Crippen LogP contribution in [0, 0.1) is 10.8 Å². The number of hydrogen-bond donors (Lipinski definition) is 5. The van der Waals surface area contributed by atoms with E-state index in [-0.39, 0.29) is 0 Å². The highest BCUT2D eigenvalue weighted by atomic mass is 16.4. The maximum atomic E-state index is 10.0. The summed E-state index contributed by atoms with van der Waals surface area (Å²) in [4.78, 5) is 24.6. The van der Waals surface area contributed by atoms with Crippen molar-refractivity contribution >= 4 is 23.6 Å². The molecule has 1 aromatic rings. The van der Waals surface area contributed by atoms with Gasteiger partial charge in [-0.3, -0.25) is 14.6 Å². The monoisotopic (exact) mass is 506 g/mol. The number of para-hydroxylation sites is 1. The third-order valence-corrected chi connectivity index (χ3v) is 5.55. The Morgan fingerprint density at radius 1 is 1.00 bits per heavy atom. The predicted molar refractivity (Wildman–Crippen MR) is 150 cm³/mol. The second-order valence-electron chi connectivity index (χ2n) is 11.9. The van der Waals surface area contributed by atoms with Crippen LogP contribution in [0.15, 0.2) is 23.2 Å². The molecule has 8 heteroatoms. The molecule has 36 heavy (non-hydrogen) atoms. The molecule has 206 valence electrons. The van der Waals surface area contributed by atoms with Gasteiger partial charge in [0.2, 0.25) is 0 Å². The number of nitrogens with two attached hydrogens (primary N) is 1. The molecule has 0 saturated carbocycles. The molecule has 0 bridgehead atoms. The van der Waals surface area contributed by atoms with Gasteiger partial charge in [0.25, 0.3) is 0 Å². The Morgan fingerprint density at radius 2 is 1.42 bits per heavy atom. The van der Waals surface area contributed by atoms with Crippen LogP contribution in [0.4, 0.5) is 5.69 Å². The zero-order valence-corrected chi connectivity index (χ0v) is 24.0. The van der Waals surface area contributed by atoms with Gasteiger partial charge in [0.15, 0.2) is 5.96 Å². The lowest BCUT2D eigenvalue weighted by molar-refractivity contribution is -0.146. The van der Waals surface area contributed by atoms with Crippen LogP contribution in [0.3, 0.4) is 0 Å². The van der Waals surface area contributed by atoms with E-state index in [9.17, 15) is 9.59 Å². The van der Waals surface area contributed by atoms with Gasteiger partial charge in [-0.2, -0.15) is 0 Å². The summed E-state index contributed by atoms with van der Waals surface area (Å²) in [5.41, 5.74) is 8.69. The molecular formula is C28H50N4O4. The number of anilines is 1. The summed E-state index contributed by atoms with van der Waals surface area (Å²) in [7, 11) is 0. The molecule has 1 heterocycles. The highest BCUT2D eigenvalue weighted by molar-refractivity contribution is 5.94. The number of nitrogens with zero attached hydrogens (tertiary/aromatic N) is 1. The second kappa shape index (κ2) is 14.8. The minimum atomic E-state index is -0.757. The lowest BCUT2D eigenvalue weighted by atomic mass is 9.93.